The molecule has 2 amide bonds. The summed E-state index contributed by atoms with van der Waals surface area (Å²) in [5, 5.41) is 5.57. The summed E-state index contributed by atoms with van der Waals surface area (Å²) in [4.78, 5) is 35.3. The van der Waals surface area contributed by atoms with Gasteiger partial charge in [-0.2, -0.15) is 0 Å². The van der Waals surface area contributed by atoms with Crippen molar-refractivity contribution in [3.05, 3.63) is 57.0 Å². The Balaban J connectivity index is 1.89. The first-order chi connectivity index (χ1) is 13.3. The molecule has 0 heterocycles. The highest BCUT2D eigenvalue weighted by Gasteiger charge is 2.14. The van der Waals surface area contributed by atoms with E-state index in [0.29, 0.717) is 10.7 Å². The van der Waals surface area contributed by atoms with Crippen molar-refractivity contribution in [2.45, 2.75) is 6.92 Å². The zero-order chi connectivity index (χ0) is 20.7. The van der Waals surface area contributed by atoms with E-state index in [0.717, 1.165) is 0 Å². The lowest BCUT2D eigenvalue weighted by Gasteiger charge is -2.10. The van der Waals surface area contributed by atoms with Crippen molar-refractivity contribution in [3.8, 4) is 0 Å². The molecule has 0 aliphatic carbocycles. The Hall–Kier alpha value is -2.48. The molecular weight excluding hydrogens is 431 g/mol. The third kappa shape index (κ3) is 6.30. The summed E-state index contributed by atoms with van der Waals surface area (Å²) in [5.74, 6) is -1.34. The van der Waals surface area contributed by atoms with E-state index < -0.39 is 24.6 Å². The van der Waals surface area contributed by atoms with Crippen LogP contribution in [0.1, 0.15) is 17.3 Å². The van der Waals surface area contributed by atoms with Gasteiger partial charge in [-0.15, -0.1) is 0 Å². The third-order valence-electron chi connectivity index (χ3n) is 3.25. The molecule has 0 saturated carbocycles. The Morgan fingerprint density at radius 2 is 1.54 bits per heavy atom. The first-order valence-corrected chi connectivity index (χ1v) is 9.09. The first kappa shape index (κ1) is 21.8. The molecule has 2 aromatic rings. The summed E-state index contributed by atoms with van der Waals surface area (Å²) in [6.45, 7) is 1.38. The molecule has 0 fully saturated rings. The highest BCUT2D eigenvalue weighted by atomic mass is 35.5. The molecular formula is C18H15Cl3N2O5. The number of ether oxygens (including phenoxy) is 2. The maximum atomic E-state index is 12.0. The van der Waals surface area contributed by atoms with Crippen LogP contribution in [0.2, 0.25) is 15.1 Å². The van der Waals surface area contributed by atoms with E-state index >= 15 is 0 Å². The van der Waals surface area contributed by atoms with Gasteiger partial charge in [0.25, 0.3) is 5.91 Å². The second-order valence-electron chi connectivity index (χ2n) is 5.29. The highest BCUT2D eigenvalue weighted by molar-refractivity contribution is 6.42. The van der Waals surface area contributed by atoms with Gasteiger partial charge >= 0.3 is 12.1 Å². The van der Waals surface area contributed by atoms with Gasteiger partial charge < -0.3 is 14.8 Å². The van der Waals surface area contributed by atoms with E-state index in [9.17, 15) is 14.4 Å². The number of benzene rings is 2. The number of nitrogens with one attached hydrogen (secondary N) is 2. The van der Waals surface area contributed by atoms with Crippen molar-refractivity contribution in [1.82, 2.24) is 0 Å². The molecule has 28 heavy (non-hydrogen) atoms. The average Bonchev–Trinajstić information content (AvgIpc) is 2.63. The van der Waals surface area contributed by atoms with E-state index in [1.165, 1.54) is 36.4 Å². The van der Waals surface area contributed by atoms with Gasteiger partial charge in [0.1, 0.15) is 0 Å². The van der Waals surface area contributed by atoms with Crippen LogP contribution in [0.3, 0.4) is 0 Å². The number of carbonyl (C=O) groups is 3. The quantitative estimate of drug-likeness (QED) is 0.610. The minimum absolute atomic E-state index is 0.155. The van der Waals surface area contributed by atoms with Gasteiger partial charge in [0.05, 0.1) is 27.9 Å². The lowest BCUT2D eigenvalue weighted by molar-refractivity contribution is -0.119. The average molecular weight is 446 g/mol. The number of rotatable bonds is 6. The van der Waals surface area contributed by atoms with Gasteiger partial charge in [-0.1, -0.05) is 34.8 Å². The van der Waals surface area contributed by atoms with Gasteiger partial charge in [0.2, 0.25) is 0 Å². The van der Waals surface area contributed by atoms with Crippen LogP contribution < -0.4 is 10.6 Å². The van der Waals surface area contributed by atoms with E-state index in [2.05, 4.69) is 10.6 Å². The van der Waals surface area contributed by atoms with E-state index in [1.807, 2.05) is 0 Å². The number of hydrogen-bond donors (Lipinski definition) is 2. The lowest BCUT2D eigenvalue weighted by Crippen LogP contribution is -2.21. The Morgan fingerprint density at radius 3 is 2.11 bits per heavy atom. The summed E-state index contributed by atoms with van der Waals surface area (Å²) in [7, 11) is 0. The van der Waals surface area contributed by atoms with E-state index in [1.54, 1.807) is 6.92 Å². The Morgan fingerprint density at radius 1 is 0.929 bits per heavy atom. The van der Waals surface area contributed by atoms with Crippen molar-refractivity contribution in [2.75, 3.05) is 23.8 Å². The van der Waals surface area contributed by atoms with Crippen LogP contribution in [0.15, 0.2) is 36.4 Å². The Labute approximate surface area is 175 Å². The predicted octanol–water partition coefficient (Wildman–Crippen LogP) is 5.01. The van der Waals surface area contributed by atoms with E-state index in [-0.39, 0.29) is 27.9 Å². The molecule has 2 aromatic carbocycles. The van der Waals surface area contributed by atoms with Gasteiger partial charge in [-0.05, 0) is 43.3 Å². The largest absolute Gasteiger partial charge is 0.452 e. The second kappa shape index (κ2) is 10.2. The van der Waals surface area contributed by atoms with Gasteiger partial charge in [0, 0.05) is 10.7 Å². The zero-order valence-corrected chi connectivity index (χ0v) is 16.8. The monoisotopic (exact) mass is 444 g/mol. The molecule has 0 aromatic heterocycles. The molecule has 0 bridgehead atoms. The standard InChI is InChI=1S/C18H15Cl3N2O5/c1-2-27-18(26)22-12-5-3-10(4-6-12)17(25)28-9-15(24)23-16-13(20)7-11(19)8-14(16)21/h3-8H,2,9H2,1H3,(H,22,26)(H,23,24). The molecule has 7 nitrogen and oxygen atoms in total. The molecule has 2 rings (SSSR count). The molecule has 0 saturated heterocycles. The molecule has 0 aliphatic heterocycles. The number of anilines is 2. The summed E-state index contributed by atoms with van der Waals surface area (Å²) >= 11 is 17.8. The van der Waals surface area contributed by atoms with Gasteiger partial charge in [0.15, 0.2) is 6.61 Å². The van der Waals surface area contributed by atoms with Gasteiger partial charge in [-0.3, -0.25) is 10.1 Å². The summed E-state index contributed by atoms with van der Waals surface area (Å²) in [6, 6.07) is 8.72. The van der Waals surface area contributed by atoms with Crippen molar-refractivity contribution < 1.29 is 23.9 Å². The number of halogens is 3. The smallest absolute Gasteiger partial charge is 0.411 e. The maximum Gasteiger partial charge on any atom is 0.411 e. The Kier molecular flexibility index (Phi) is 7.92. The topological polar surface area (TPSA) is 93.7 Å². The fourth-order valence-electron chi connectivity index (χ4n) is 2.03. The minimum Gasteiger partial charge on any atom is -0.452 e. The normalized spacial score (nSPS) is 10.1. The summed E-state index contributed by atoms with van der Waals surface area (Å²) in [5.41, 5.74) is 0.813. The number of carbonyl (C=O) groups excluding carboxylic acids is 3. The SMILES string of the molecule is CCOC(=O)Nc1ccc(C(=O)OCC(=O)Nc2c(Cl)cc(Cl)cc2Cl)cc1. The molecule has 0 unspecified atom stereocenters. The second-order valence-corrected chi connectivity index (χ2v) is 6.54. The van der Waals surface area contributed by atoms with Gasteiger partial charge in [-0.25, -0.2) is 9.59 Å². The van der Waals surface area contributed by atoms with Crippen LogP contribution in [-0.2, 0) is 14.3 Å². The molecule has 148 valence electrons. The highest BCUT2D eigenvalue weighted by Crippen LogP contribution is 2.33. The fraction of sp³-hybridized carbons (Fsp3) is 0.167. The van der Waals surface area contributed by atoms with Crippen LogP contribution in [0.25, 0.3) is 0 Å². The van der Waals surface area contributed by atoms with Crippen LogP contribution in [0, 0.1) is 0 Å². The van der Waals surface area contributed by atoms with Crippen molar-refractivity contribution in [3.63, 3.8) is 0 Å². The number of esters is 1. The molecule has 10 heteroatoms. The van der Waals surface area contributed by atoms with Crippen molar-refractivity contribution >= 4 is 64.1 Å². The van der Waals surface area contributed by atoms with Crippen LogP contribution in [0.5, 0.6) is 0 Å². The van der Waals surface area contributed by atoms with Crippen molar-refractivity contribution in [1.29, 1.82) is 0 Å². The van der Waals surface area contributed by atoms with Crippen LogP contribution in [0.4, 0.5) is 16.2 Å². The summed E-state index contributed by atoms with van der Waals surface area (Å²) in [6.07, 6.45) is -0.603. The predicted molar refractivity (Wildman–Crippen MR) is 107 cm³/mol. The van der Waals surface area contributed by atoms with Crippen LogP contribution in [-0.4, -0.2) is 31.2 Å². The molecule has 0 aliphatic rings. The maximum absolute atomic E-state index is 12.0. The molecule has 2 N–H and O–H groups in total. The third-order valence-corrected chi connectivity index (χ3v) is 4.06. The van der Waals surface area contributed by atoms with Crippen molar-refractivity contribution in [2.24, 2.45) is 0 Å². The zero-order valence-electron chi connectivity index (χ0n) is 14.6. The number of hydrogen-bond acceptors (Lipinski definition) is 5. The summed E-state index contributed by atoms with van der Waals surface area (Å²) < 4.78 is 9.70. The van der Waals surface area contributed by atoms with Crippen LogP contribution >= 0.6 is 34.8 Å². The number of amides is 2. The first-order valence-electron chi connectivity index (χ1n) is 7.95. The molecule has 0 atom stereocenters. The minimum atomic E-state index is -0.717. The molecule has 0 radical (unpaired) electrons. The molecule has 0 spiro atoms. The van der Waals surface area contributed by atoms with E-state index in [4.69, 9.17) is 44.3 Å². The lowest BCUT2D eigenvalue weighted by atomic mass is 10.2. The fourth-order valence-corrected chi connectivity index (χ4v) is 2.94. The Bertz CT molecular complexity index is 864.